The average Bonchev–Trinajstić information content (AvgIpc) is 3.02. The first kappa shape index (κ1) is 13.6. The monoisotopic (exact) mass is 278 g/mol. The van der Waals surface area contributed by atoms with E-state index in [9.17, 15) is 9.59 Å². The summed E-state index contributed by atoms with van der Waals surface area (Å²) in [4.78, 5) is 24.6. The third-order valence-electron chi connectivity index (χ3n) is 2.70. The van der Waals surface area contributed by atoms with Crippen molar-refractivity contribution in [3.05, 3.63) is 21.9 Å². The highest BCUT2D eigenvalue weighted by molar-refractivity contribution is 7.12. The van der Waals surface area contributed by atoms with Crippen LogP contribution >= 0.6 is 11.3 Å². The van der Waals surface area contributed by atoms with E-state index in [2.05, 4.69) is 22.5 Å². The van der Waals surface area contributed by atoms with Crippen molar-refractivity contribution in [1.29, 1.82) is 0 Å². The Hall–Kier alpha value is -1.84. The van der Waals surface area contributed by atoms with Gasteiger partial charge in [0.1, 0.15) is 12.6 Å². The highest BCUT2D eigenvalue weighted by Gasteiger charge is 2.26. The van der Waals surface area contributed by atoms with Crippen LogP contribution in [0.1, 0.15) is 22.6 Å². The third kappa shape index (κ3) is 3.81. The Morgan fingerprint density at radius 1 is 1.58 bits per heavy atom. The average molecular weight is 278 g/mol. The Morgan fingerprint density at radius 3 is 3.11 bits per heavy atom. The van der Waals surface area contributed by atoms with Crippen molar-refractivity contribution in [2.24, 2.45) is 0 Å². The minimum atomic E-state index is -0.402. The van der Waals surface area contributed by atoms with Gasteiger partial charge in [-0.3, -0.25) is 9.59 Å². The van der Waals surface area contributed by atoms with E-state index in [1.165, 1.54) is 11.3 Å². The van der Waals surface area contributed by atoms with Crippen molar-refractivity contribution in [3.63, 3.8) is 0 Å². The number of aliphatic hydroxyl groups is 1. The standard InChI is InChI=1S/C13H14N2O3S/c16-7-1-2-9-3-4-10(19-9)8-14-13(18)11-5-6-12(17)15-11/h3-4,11,16H,5-8H2,(H,14,18)(H,15,17). The Balaban J connectivity index is 1.83. The van der Waals surface area contributed by atoms with Crippen LogP contribution in [0.4, 0.5) is 0 Å². The van der Waals surface area contributed by atoms with E-state index in [-0.39, 0.29) is 18.4 Å². The van der Waals surface area contributed by atoms with Crippen LogP contribution in [0.3, 0.4) is 0 Å². The summed E-state index contributed by atoms with van der Waals surface area (Å²) in [5, 5.41) is 14.0. The molecule has 6 heteroatoms. The Labute approximate surface area is 115 Å². The predicted molar refractivity (Wildman–Crippen MR) is 71.3 cm³/mol. The van der Waals surface area contributed by atoms with Gasteiger partial charge in [-0.2, -0.15) is 0 Å². The summed E-state index contributed by atoms with van der Waals surface area (Å²) in [5.74, 6) is 5.16. The molecule has 0 saturated carbocycles. The summed E-state index contributed by atoms with van der Waals surface area (Å²) in [6.07, 6.45) is 0.973. The SMILES string of the molecule is O=C1CCC(C(=O)NCc2ccc(C#CCO)s2)N1. The van der Waals surface area contributed by atoms with Crippen LogP contribution in [0.15, 0.2) is 12.1 Å². The summed E-state index contributed by atoms with van der Waals surface area (Å²) < 4.78 is 0. The van der Waals surface area contributed by atoms with Gasteiger partial charge in [0.15, 0.2) is 0 Å². The number of rotatable bonds is 3. The molecule has 0 aromatic carbocycles. The van der Waals surface area contributed by atoms with Gasteiger partial charge in [0.25, 0.3) is 0 Å². The predicted octanol–water partition coefficient (Wildman–Crippen LogP) is -0.0133. The second-order valence-corrected chi connectivity index (χ2v) is 5.27. The number of thiophene rings is 1. The summed E-state index contributed by atoms with van der Waals surface area (Å²) in [7, 11) is 0. The molecule has 0 bridgehead atoms. The molecule has 1 saturated heterocycles. The van der Waals surface area contributed by atoms with Gasteiger partial charge in [0.2, 0.25) is 11.8 Å². The maximum Gasteiger partial charge on any atom is 0.242 e. The van der Waals surface area contributed by atoms with Gasteiger partial charge in [-0.1, -0.05) is 11.8 Å². The maximum absolute atomic E-state index is 11.8. The number of aliphatic hydroxyl groups excluding tert-OH is 1. The van der Waals surface area contributed by atoms with Gasteiger partial charge < -0.3 is 15.7 Å². The molecule has 0 spiro atoms. The fourth-order valence-electron chi connectivity index (χ4n) is 1.77. The number of hydrogen-bond donors (Lipinski definition) is 3. The van der Waals surface area contributed by atoms with E-state index in [1.807, 2.05) is 12.1 Å². The molecule has 1 aromatic heterocycles. The van der Waals surface area contributed by atoms with Gasteiger partial charge in [-0.05, 0) is 18.6 Å². The minimum absolute atomic E-state index is 0.0714. The zero-order valence-electron chi connectivity index (χ0n) is 10.2. The molecule has 0 radical (unpaired) electrons. The molecule has 5 nitrogen and oxygen atoms in total. The molecule has 100 valence electrons. The number of carbonyl (C=O) groups excluding carboxylic acids is 2. The molecule has 1 atom stereocenters. The van der Waals surface area contributed by atoms with Crippen LogP contribution in [-0.4, -0.2) is 29.6 Å². The van der Waals surface area contributed by atoms with E-state index in [1.54, 1.807) is 0 Å². The fraction of sp³-hybridized carbons (Fsp3) is 0.385. The van der Waals surface area contributed by atoms with Crippen LogP contribution in [-0.2, 0) is 16.1 Å². The van der Waals surface area contributed by atoms with Crippen molar-refractivity contribution >= 4 is 23.2 Å². The molecular weight excluding hydrogens is 264 g/mol. The van der Waals surface area contributed by atoms with Crippen LogP contribution < -0.4 is 10.6 Å². The molecule has 1 aromatic rings. The zero-order chi connectivity index (χ0) is 13.7. The van der Waals surface area contributed by atoms with E-state index >= 15 is 0 Å². The molecule has 19 heavy (non-hydrogen) atoms. The first-order valence-electron chi connectivity index (χ1n) is 5.94. The van der Waals surface area contributed by atoms with Crippen molar-refractivity contribution < 1.29 is 14.7 Å². The van der Waals surface area contributed by atoms with E-state index in [0.717, 1.165) is 9.75 Å². The van der Waals surface area contributed by atoms with Crippen molar-refractivity contribution in [2.75, 3.05) is 6.61 Å². The number of amides is 2. The minimum Gasteiger partial charge on any atom is -0.384 e. The first-order chi connectivity index (χ1) is 9.19. The molecule has 1 fully saturated rings. The van der Waals surface area contributed by atoms with Gasteiger partial charge in [-0.25, -0.2) is 0 Å². The van der Waals surface area contributed by atoms with Crippen LogP contribution in [0, 0.1) is 11.8 Å². The van der Waals surface area contributed by atoms with Crippen LogP contribution in [0.5, 0.6) is 0 Å². The van der Waals surface area contributed by atoms with E-state index < -0.39 is 6.04 Å². The lowest BCUT2D eigenvalue weighted by molar-refractivity contribution is -0.125. The second kappa shape index (κ2) is 6.36. The Morgan fingerprint density at radius 2 is 2.42 bits per heavy atom. The number of carbonyl (C=O) groups is 2. The number of nitrogens with one attached hydrogen (secondary N) is 2. The molecule has 2 rings (SSSR count). The van der Waals surface area contributed by atoms with E-state index in [0.29, 0.717) is 19.4 Å². The van der Waals surface area contributed by atoms with Crippen molar-refractivity contribution in [3.8, 4) is 11.8 Å². The molecule has 2 heterocycles. The fourth-order valence-corrected chi connectivity index (χ4v) is 2.60. The van der Waals surface area contributed by atoms with Gasteiger partial charge in [0.05, 0.1) is 11.4 Å². The lowest BCUT2D eigenvalue weighted by Gasteiger charge is -2.09. The summed E-state index contributed by atoms with van der Waals surface area (Å²) >= 11 is 1.47. The van der Waals surface area contributed by atoms with Crippen LogP contribution in [0.25, 0.3) is 0 Å². The number of hydrogen-bond acceptors (Lipinski definition) is 4. The second-order valence-electron chi connectivity index (χ2n) is 4.10. The molecule has 1 aliphatic rings. The maximum atomic E-state index is 11.8. The summed E-state index contributed by atoms with van der Waals surface area (Å²) in [5.41, 5.74) is 0. The molecule has 2 amide bonds. The molecule has 0 aliphatic carbocycles. The Kier molecular flexibility index (Phi) is 4.55. The van der Waals surface area contributed by atoms with Gasteiger partial charge in [-0.15, -0.1) is 11.3 Å². The molecule has 3 N–H and O–H groups in total. The molecule has 1 aliphatic heterocycles. The van der Waals surface area contributed by atoms with Gasteiger partial charge >= 0.3 is 0 Å². The summed E-state index contributed by atoms with van der Waals surface area (Å²) in [6.45, 7) is 0.266. The topological polar surface area (TPSA) is 78.4 Å². The highest BCUT2D eigenvalue weighted by Crippen LogP contribution is 2.15. The molecule has 1 unspecified atom stereocenters. The summed E-state index contributed by atoms with van der Waals surface area (Å²) in [6, 6.07) is 3.34. The van der Waals surface area contributed by atoms with Crippen LogP contribution in [0.2, 0.25) is 0 Å². The Bertz CT molecular complexity index is 542. The first-order valence-corrected chi connectivity index (χ1v) is 6.76. The van der Waals surface area contributed by atoms with Gasteiger partial charge in [0, 0.05) is 11.3 Å². The zero-order valence-corrected chi connectivity index (χ0v) is 11.0. The largest absolute Gasteiger partial charge is 0.384 e. The highest BCUT2D eigenvalue weighted by atomic mass is 32.1. The quantitative estimate of drug-likeness (QED) is 0.680. The lowest BCUT2D eigenvalue weighted by atomic mass is 10.2. The normalized spacial score (nSPS) is 17.5. The lowest BCUT2D eigenvalue weighted by Crippen LogP contribution is -2.41. The van der Waals surface area contributed by atoms with Crippen molar-refractivity contribution in [1.82, 2.24) is 10.6 Å². The van der Waals surface area contributed by atoms with Crippen molar-refractivity contribution in [2.45, 2.75) is 25.4 Å². The smallest absolute Gasteiger partial charge is 0.242 e. The molecular formula is C13H14N2O3S. The van der Waals surface area contributed by atoms with E-state index in [4.69, 9.17) is 5.11 Å². The third-order valence-corrected chi connectivity index (χ3v) is 3.70.